The van der Waals surface area contributed by atoms with Gasteiger partial charge >= 0.3 is 5.97 Å². The van der Waals surface area contributed by atoms with Gasteiger partial charge < -0.3 is 15.2 Å². The topological polar surface area (TPSA) is 85.3 Å². The van der Waals surface area contributed by atoms with Crippen molar-refractivity contribution in [1.29, 1.82) is 5.26 Å². The molecule has 0 bridgehead atoms. The molecule has 106 valence electrons. The van der Waals surface area contributed by atoms with Crippen molar-refractivity contribution in [2.75, 3.05) is 12.3 Å². The number of carbonyl (C=O) groups excluding carboxylic acids is 1. The normalized spacial score (nSPS) is 9.71. The van der Waals surface area contributed by atoms with Crippen LogP contribution in [0.1, 0.15) is 22.8 Å². The monoisotopic (exact) mass is 282 g/mol. The van der Waals surface area contributed by atoms with Crippen LogP contribution in [0.4, 0.5) is 5.69 Å². The van der Waals surface area contributed by atoms with Crippen LogP contribution >= 0.6 is 0 Å². The minimum absolute atomic E-state index is 0.298. The van der Waals surface area contributed by atoms with Crippen LogP contribution in [0.15, 0.2) is 42.5 Å². The molecule has 5 nitrogen and oxygen atoms in total. The number of benzene rings is 2. The summed E-state index contributed by atoms with van der Waals surface area (Å²) in [6, 6.07) is 13.5. The van der Waals surface area contributed by atoms with Crippen molar-refractivity contribution in [3.8, 4) is 17.6 Å². The number of anilines is 1. The van der Waals surface area contributed by atoms with Crippen molar-refractivity contribution in [2.45, 2.75) is 6.92 Å². The van der Waals surface area contributed by atoms with Crippen molar-refractivity contribution in [1.82, 2.24) is 0 Å². The molecule has 2 aromatic rings. The van der Waals surface area contributed by atoms with Gasteiger partial charge in [-0.2, -0.15) is 5.26 Å². The van der Waals surface area contributed by atoms with Crippen LogP contribution in [0.5, 0.6) is 11.5 Å². The van der Waals surface area contributed by atoms with E-state index in [1.807, 2.05) is 6.07 Å². The number of hydrogen-bond donors (Lipinski definition) is 1. The molecule has 0 amide bonds. The molecule has 0 aliphatic rings. The second-order valence-electron chi connectivity index (χ2n) is 4.18. The Hall–Kier alpha value is -3.00. The lowest BCUT2D eigenvalue weighted by atomic mass is 10.2. The van der Waals surface area contributed by atoms with Gasteiger partial charge in [-0.05, 0) is 37.3 Å². The number of nitriles is 1. The maximum atomic E-state index is 11.6. The van der Waals surface area contributed by atoms with Crippen LogP contribution in [0.2, 0.25) is 0 Å². The molecule has 2 rings (SSSR count). The Morgan fingerprint density at radius 2 is 2.00 bits per heavy atom. The third kappa shape index (κ3) is 3.31. The Bertz CT molecular complexity index is 705. The van der Waals surface area contributed by atoms with Crippen molar-refractivity contribution in [2.24, 2.45) is 0 Å². The molecule has 0 fully saturated rings. The van der Waals surface area contributed by atoms with Gasteiger partial charge in [0.25, 0.3) is 0 Å². The molecule has 5 heteroatoms. The number of nitrogen functional groups attached to an aromatic ring is 1. The third-order valence-corrected chi connectivity index (χ3v) is 2.75. The molecule has 0 radical (unpaired) electrons. The standard InChI is InChI=1S/C16H14N2O3/c1-2-20-16(19)11-7-8-15(13(18)9-11)21-14-6-4-3-5-12(14)10-17/h3-9H,2,18H2,1H3. The molecule has 0 aliphatic carbocycles. The summed E-state index contributed by atoms with van der Waals surface area (Å²) in [7, 11) is 0. The lowest BCUT2D eigenvalue weighted by Gasteiger charge is -2.10. The van der Waals surface area contributed by atoms with E-state index < -0.39 is 5.97 Å². The summed E-state index contributed by atoms with van der Waals surface area (Å²) >= 11 is 0. The Balaban J connectivity index is 2.26. The van der Waals surface area contributed by atoms with Gasteiger partial charge in [0.2, 0.25) is 0 Å². The van der Waals surface area contributed by atoms with Crippen LogP contribution in [0.3, 0.4) is 0 Å². The number of hydrogen-bond acceptors (Lipinski definition) is 5. The summed E-state index contributed by atoms with van der Waals surface area (Å²) in [5, 5.41) is 9.02. The largest absolute Gasteiger partial charge is 0.462 e. The van der Waals surface area contributed by atoms with E-state index in [-0.39, 0.29) is 0 Å². The molecule has 0 saturated heterocycles. The fourth-order valence-electron chi connectivity index (χ4n) is 1.75. The highest BCUT2D eigenvalue weighted by atomic mass is 16.5. The average molecular weight is 282 g/mol. The van der Waals surface area contributed by atoms with E-state index in [0.717, 1.165) is 0 Å². The molecule has 0 aliphatic heterocycles. The highest BCUT2D eigenvalue weighted by molar-refractivity contribution is 5.91. The summed E-state index contributed by atoms with van der Waals surface area (Å²) < 4.78 is 10.5. The van der Waals surface area contributed by atoms with E-state index in [2.05, 4.69) is 0 Å². The van der Waals surface area contributed by atoms with Gasteiger partial charge in [0.05, 0.1) is 23.4 Å². The second kappa shape index (κ2) is 6.44. The quantitative estimate of drug-likeness (QED) is 0.688. The summed E-state index contributed by atoms with van der Waals surface area (Å²) in [6.07, 6.45) is 0. The highest BCUT2D eigenvalue weighted by Crippen LogP contribution is 2.30. The van der Waals surface area contributed by atoms with Crippen molar-refractivity contribution in [3.05, 3.63) is 53.6 Å². The molecule has 21 heavy (non-hydrogen) atoms. The van der Waals surface area contributed by atoms with Gasteiger partial charge in [-0.25, -0.2) is 4.79 Å². The minimum Gasteiger partial charge on any atom is -0.462 e. The van der Waals surface area contributed by atoms with E-state index in [0.29, 0.717) is 34.9 Å². The molecule has 0 saturated carbocycles. The number of esters is 1. The number of para-hydroxylation sites is 1. The minimum atomic E-state index is -0.437. The Labute approximate surface area is 122 Å². The van der Waals surface area contributed by atoms with Crippen molar-refractivity contribution < 1.29 is 14.3 Å². The molecular formula is C16H14N2O3. The maximum Gasteiger partial charge on any atom is 0.338 e. The molecule has 0 spiro atoms. The van der Waals surface area contributed by atoms with E-state index in [4.69, 9.17) is 20.5 Å². The molecular weight excluding hydrogens is 268 g/mol. The Morgan fingerprint density at radius 3 is 2.67 bits per heavy atom. The number of nitrogens with zero attached hydrogens (tertiary/aromatic N) is 1. The molecule has 2 aromatic carbocycles. The van der Waals surface area contributed by atoms with Crippen LogP contribution in [0.25, 0.3) is 0 Å². The average Bonchev–Trinajstić information content (AvgIpc) is 2.50. The highest BCUT2D eigenvalue weighted by Gasteiger charge is 2.11. The van der Waals surface area contributed by atoms with Crippen LogP contribution < -0.4 is 10.5 Å². The van der Waals surface area contributed by atoms with E-state index in [9.17, 15) is 4.79 Å². The zero-order valence-corrected chi connectivity index (χ0v) is 11.5. The second-order valence-corrected chi connectivity index (χ2v) is 4.18. The lowest BCUT2D eigenvalue weighted by molar-refractivity contribution is 0.0526. The van der Waals surface area contributed by atoms with Gasteiger partial charge in [0.15, 0.2) is 0 Å². The molecule has 0 heterocycles. The summed E-state index contributed by atoms with van der Waals surface area (Å²) in [5.41, 5.74) is 6.94. The van der Waals surface area contributed by atoms with Crippen LogP contribution in [-0.2, 0) is 4.74 Å². The lowest BCUT2D eigenvalue weighted by Crippen LogP contribution is -2.05. The van der Waals surface area contributed by atoms with Crippen LogP contribution in [-0.4, -0.2) is 12.6 Å². The summed E-state index contributed by atoms with van der Waals surface area (Å²) in [4.78, 5) is 11.6. The SMILES string of the molecule is CCOC(=O)c1ccc(Oc2ccccc2C#N)c(N)c1. The number of ether oxygens (including phenoxy) is 2. The van der Waals surface area contributed by atoms with Gasteiger partial charge in [-0.3, -0.25) is 0 Å². The summed E-state index contributed by atoms with van der Waals surface area (Å²) in [5.74, 6) is 0.356. The predicted octanol–water partition coefficient (Wildman–Crippen LogP) is 3.11. The van der Waals surface area contributed by atoms with Crippen molar-refractivity contribution in [3.63, 3.8) is 0 Å². The van der Waals surface area contributed by atoms with Crippen LogP contribution in [0, 0.1) is 11.3 Å². The van der Waals surface area contributed by atoms with E-state index in [1.165, 1.54) is 6.07 Å². The number of carbonyl (C=O) groups is 1. The zero-order valence-electron chi connectivity index (χ0n) is 11.5. The van der Waals surface area contributed by atoms with Gasteiger partial charge in [0, 0.05) is 0 Å². The fourth-order valence-corrected chi connectivity index (χ4v) is 1.75. The Kier molecular flexibility index (Phi) is 4.42. The molecule has 0 unspecified atom stereocenters. The smallest absolute Gasteiger partial charge is 0.338 e. The third-order valence-electron chi connectivity index (χ3n) is 2.75. The first-order valence-corrected chi connectivity index (χ1v) is 6.39. The molecule has 0 aromatic heterocycles. The van der Waals surface area contributed by atoms with Gasteiger partial charge in [-0.15, -0.1) is 0 Å². The first kappa shape index (κ1) is 14.4. The number of rotatable bonds is 4. The first-order valence-electron chi connectivity index (χ1n) is 6.39. The number of nitrogens with two attached hydrogens (primary N) is 1. The van der Waals surface area contributed by atoms with Crippen molar-refractivity contribution >= 4 is 11.7 Å². The fraction of sp³-hybridized carbons (Fsp3) is 0.125. The zero-order chi connectivity index (χ0) is 15.2. The van der Waals surface area contributed by atoms with Gasteiger partial charge in [-0.1, -0.05) is 12.1 Å². The first-order chi connectivity index (χ1) is 10.2. The van der Waals surface area contributed by atoms with E-state index in [1.54, 1.807) is 43.3 Å². The predicted molar refractivity (Wildman–Crippen MR) is 78.0 cm³/mol. The molecule has 0 atom stereocenters. The van der Waals surface area contributed by atoms with Gasteiger partial charge in [0.1, 0.15) is 17.6 Å². The van der Waals surface area contributed by atoms with E-state index >= 15 is 0 Å². The Morgan fingerprint density at radius 1 is 1.24 bits per heavy atom. The maximum absolute atomic E-state index is 11.6. The molecule has 2 N–H and O–H groups in total. The summed E-state index contributed by atoms with van der Waals surface area (Å²) in [6.45, 7) is 2.03.